The first kappa shape index (κ1) is 17.1. The summed E-state index contributed by atoms with van der Waals surface area (Å²) in [6.45, 7) is 0.638. The van der Waals surface area contributed by atoms with Crippen molar-refractivity contribution in [3.05, 3.63) is 36.5 Å². The fraction of sp³-hybridized carbons (Fsp3) is 0.231. The zero-order valence-corrected chi connectivity index (χ0v) is 13.2. The highest BCUT2D eigenvalue weighted by molar-refractivity contribution is 5.85. The van der Waals surface area contributed by atoms with Crippen LogP contribution in [0.2, 0.25) is 0 Å². The molecule has 0 unspecified atom stereocenters. The number of methoxy groups -OCH3 is 2. The number of hydrogen-bond acceptors (Lipinski definition) is 4. The molecule has 0 fully saturated rings. The van der Waals surface area contributed by atoms with E-state index in [-0.39, 0.29) is 24.8 Å². The molecule has 1 aromatic carbocycles. The minimum absolute atomic E-state index is 0. The van der Waals surface area contributed by atoms with E-state index < -0.39 is 0 Å². The van der Waals surface area contributed by atoms with Gasteiger partial charge in [-0.15, -0.1) is 24.8 Å². The molecule has 3 aromatic rings. The Bertz CT molecular complexity index is 698. The number of ether oxygens (including phenoxy) is 2. The van der Waals surface area contributed by atoms with Crippen LogP contribution in [0.3, 0.4) is 0 Å². The zero-order valence-electron chi connectivity index (χ0n) is 11.6. The molecule has 0 saturated carbocycles. The van der Waals surface area contributed by atoms with E-state index in [0.29, 0.717) is 18.0 Å². The van der Waals surface area contributed by atoms with E-state index in [1.54, 1.807) is 26.7 Å². The second kappa shape index (κ2) is 7.19. The van der Waals surface area contributed by atoms with Crippen LogP contribution in [-0.2, 0) is 6.54 Å². The van der Waals surface area contributed by atoms with Gasteiger partial charge in [-0.25, -0.2) is 4.98 Å². The molecule has 0 aliphatic rings. The van der Waals surface area contributed by atoms with E-state index in [0.717, 1.165) is 16.6 Å². The van der Waals surface area contributed by atoms with Crippen LogP contribution in [0.5, 0.6) is 11.5 Å². The smallest absolute Gasteiger partial charge is 0.162 e. The number of nitrogens with one attached hydrogen (secondary N) is 1. The quantitative estimate of drug-likeness (QED) is 0.798. The molecule has 0 aliphatic heterocycles. The highest BCUT2D eigenvalue weighted by Gasteiger charge is 2.10. The van der Waals surface area contributed by atoms with Gasteiger partial charge in [-0.05, 0) is 6.07 Å². The van der Waals surface area contributed by atoms with Gasteiger partial charge in [-0.3, -0.25) is 4.68 Å². The second-order valence-corrected chi connectivity index (χ2v) is 4.15. The molecule has 0 saturated heterocycles. The lowest BCUT2D eigenvalue weighted by molar-refractivity contribution is 0.355. The molecule has 0 radical (unpaired) electrons. The van der Waals surface area contributed by atoms with Crippen molar-refractivity contribution in [2.24, 2.45) is 0 Å². The van der Waals surface area contributed by atoms with Crippen LogP contribution in [0.4, 0.5) is 0 Å². The summed E-state index contributed by atoms with van der Waals surface area (Å²) in [5.74, 6) is 1.40. The zero-order chi connectivity index (χ0) is 13.2. The Labute approximate surface area is 134 Å². The summed E-state index contributed by atoms with van der Waals surface area (Å²) in [5.41, 5.74) is 1.99. The van der Waals surface area contributed by atoms with E-state index in [4.69, 9.17) is 9.47 Å². The summed E-state index contributed by atoms with van der Waals surface area (Å²) >= 11 is 0. The average molecular weight is 331 g/mol. The number of benzene rings is 1. The summed E-state index contributed by atoms with van der Waals surface area (Å²) in [7, 11) is 3.25. The number of hydrogen-bond donors (Lipinski definition) is 1. The summed E-state index contributed by atoms with van der Waals surface area (Å²) in [4.78, 5) is 7.07. The molecule has 3 rings (SSSR count). The van der Waals surface area contributed by atoms with Crippen molar-refractivity contribution in [3.63, 3.8) is 0 Å². The van der Waals surface area contributed by atoms with E-state index in [1.807, 2.05) is 23.0 Å². The molecule has 0 atom stereocenters. The average Bonchev–Trinajstić information content (AvgIpc) is 3.08. The van der Waals surface area contributed by atoms with Gasteiger partial charge in [0.15, 0.2) is 11.5 Å². The van der Waals surface area contributed by atoms with Crippen molar-refractivity contribution in [1.82, 2.24) is 19.7 Å². The molecule has 6 nitrogen and oxygen atoms in total. The van der Waals surface area contributed by atoms with E-state index in [1.165, 1.54) is 0 Å². The van der Waals surface area contributed by atoms with Crippen molar-refractivity contribution >= 4 is 35.7 Å². The lowest BCUT2D eigenvalue weighted by Crippen LogP contribution is -2.01. The molecule has 0 spiro atoms. The Balaban J connectivity index is 0.00000110. The van der Waals surface area contributed by atoms with Gasteiger partial charge in [-0.1, -0.05) is 0 Å². The molecule has 21 heavy (non-hydrogen) atoms. The lowest BCUT2D eigenvalue weighted by Gasteiger charge is -2.08. The highest BCUT2D eigenvalue weighted by Crippen LogP contribution is 2.32. The van der Waals surface area contributed by atoms with Crippen molar-refractivity contribution < 1.29 is 9.47 Å². The standard InChI is InChI=1S/C13H14N4O2.2ClH/c1-18-12-3-9-5-16-17(7-10-6-14-8-15-10)11(9)4-13(12)19-2;;/h3-6,8H,7H2,1-2H3,(H,14,15);2*1H. The molecular formula is C13H16Cl2N4O2. The maximum atomic E-state index is 5.32. The minimum atomic E-state index is 0. The normalized spacial score (nSPS) is 9.81. The third-order valence-corrected chi connectivity index (χ3v) is 3.02. The maximum absolute atomic E-state index is 5.32. The van der Waals surface area contributed by atoms with Gasteiger partial charge in [0.1, 0.15) is 0 Å². The van der Waals surface area contributed by atoms with E-state index >= 15 is 0 Å². The monoisotopic (exact) mass is 330 g/mol. The van der Waals surface area contributed by atoms with Crippen molar-refractivity contribution in [2.75, 3.05) is 14.2 Å². The summed E-state index contributed by atoms with van der Waals surface area (Å²) in [5, 5.41) is 5.39. The topological polar surface area (TPSA) is 65.0 Å². The number of rotatable bonds is 4. The lowest BCUT2D eigenvalue weighted by atomic mass is 10.2. The molecule has 2 aromatic heterocycles. The first-order valence-electron chi connectivity index (χ1n) is 5.86. The fourth-order valence-electron chi connectivity index (χ4n) is 2.06. The number of H-pyrrole nitrogens is 1. The van der Waals surface area contributed by atoms with Crippen molar-refractivity contribution in [1.29, 1.82) is 0 Å². The Morgan fingerprint density at radius 1 is 1.10 bits per heavy atom. The molecule has 1 N–H and O–H groups in total. The summed E-state index contributed by atoms with van der Waals surface area (Å²) in [6, 6.07) is 3.85. The predicted octanol–water partition coefficient (Wildman–Crippen LogP) is 2.67. The van der Waals surface area contributed by atoms with Crippen LogP contribution >= 0.6 is 24.8 Å². The summed E-state index contributed by atoms with van der Waals surface area (Å²) in [6.07, 6.45) is 5.26. The predicted molar refractivity (Wildman–Crippen MR) is 85.0 cm³/mol. The van der Waals surface area contributed by atoms with Crippen LogP contribution in [0.25, 0.3) is 10.9 Å². The Kier molecular flexibility index (Phi) is 5.87. The number of imidazole rings is 1. The van der Waals surface area contributed by atoms with Gasteiger partial charge in [0.05, 0.1) is 44.5 Å². The summed E-state index contributed by atoms with van der Waals surface area (Å²) < 4.78 is 12.5. The third-order valence-electron chi connectivity index (χ3n) is 3.02. The van der Waals surface area contributed by atoms with Gasteiger partial charge in [0.25, 0.3) is 0 Å². The molecule has 0 aliphatic carbocycles. The minimum Gasteiger partial charge on any atom is -0.493 e. The Morgan fingerprint density at radius 2 is 1.81 bits per heavy atom. The highest BCUT2D eigenvalue weighted by atomic mass is 35.5. The number of halogens is 2. The Hall–Kier alpha value is -1.92. The number of nitrogens with zero attached hydrogens (tertiary/aromatic N) is 3. The molecule has 0 bridgehead atoms. The molecule has 0 amide bonds. The van der Waals surface area contributed by atoms with Gasteiger partial charge in [-0.2, -0.15) is 5.10 Å². The van der Waals surface area contributed by atoms with Gasteiger partial charge < -0.3 is 14.5 Å². The van der Waals surface area contributed by atoms with E-state index in [9.17, 15) is 0 Å². The Morgan fingerprint density at radius 3 is 2.43 bits per heavy atom. The molecular weight excluding hydrogens is 315 g/mol. The molecule has 2 heterocycles. The van der Waals surface area contributed by atoms with Crippen LogP contribution in [-0.4, -0.2) is 34.0 Å². The van der Waals surface area contributed by atoms with Crippen LogP contribution in [0.1, 0.15) is 5.69 Å². The van der Waals surface area contributed by atoms with Crippen LogP contribution < -0.4 is 9.47 Å². The van der Waals surface area contributed by atoms with Crippen LogP contribution in [0, 0.1) is 0 Å². The van der Waals surface area contributed by atoms with Crippen molar-refractivity contribution in [3.8, 4) is 11.5 Å². The van der Waals surface area contributed by atoms with Gasteiger partial charge in [0.2, 0.25) is 0 Å². The SMILES string of the molecule is COc1cc2cnn(Cc3cnc[nH]3)c2cc1OC.Cl.Cl. The number of aromatic nitrogens is 4. The maximum Gasteiger partial charge on any atom is 0.162 e. The first-order chi connectivity index (χ1) is 9.31. The number of fused-ring (bicyclic) bond motifs is 1. The van der Waals surface area contributed by atoms with Gasteiger partial charge in [0, 0.05) is 17.6 Å². The third kappa shape index (κ3) is 3.22. The van der Waals surface area contributed by atoms with Crippen LogP contribution in [0.15, 0.2) is 30.9 Å². The second-order valence-electron chi connectivity index (χ2n) is 4.15. The number of aromatic amines is 1. The molecule has 8 heteroatoms. The van der Waals surface area contributed by atoms with E-state index in [2.05, 4.69) is 15.1 Å². The molecule has 114 valence electrons. The van der Waals surface area contributed by atoms with Gasteiger partial charge >= 0.3 is 0 Å². The first-order valence-corrected chi connectivity index (χ1v) is 5.86. The largest absolute Gasteiger partial charge is 0.493 e. The van der Waals surface area contributed by atoms with Crippen molar-refractivity contribution in [2.45, 2.75) is 6.54 Å². The fourth-order valence-corrected chi connectivity index (χ4v) is 2.06.